The predicted octanol–water partition coefficient (Wildman–Crippen LogP) is 5.03. The molecule has 130 valence electrons. The minimum atomic E-state index is -0.244. The van der Waals surface area contributed by atoms with Crippen molar-refractivity contribution < 1.29 is 9.59 Å². The Morgan fingerprint density at radius 3 is 2.58 bits per heavy atom. The first-order valence-electron chi connectivity index (χ1n) is 9.72. The highest BCUT2D eigenvalue weighted by Crippen LogP contribution is 2.62. The molecule has 0 spiro atoms. The number of rotatable bonds is 1. The molecular weight excluding hydrogens is 296 g/mol. The molecule has 2 fully saturated rings. The molecule has 0 aromatic heterocycles. The highest BCUT2D eigenvalue weighted by molar-refractivity contribution is 5.97. The Hall–Kier alpha value is -1.18. The van der Waals surface area contributed by atoms with Crippen LogP contribution in [0, 0.1) is 28.6 Å². The van der Waals surface area contributed by atoms with Crippen LogP contribution >= 0.6 is 0 Å². The average molecular weight is 326 g/mol. The van der Waals surface area contributed by atoms with E-state index in [0.717, 1.165) is 32.1 Å². The van der Waals surface area contributed by atoms with E-state index in [0.29, 0.717) is 23.4 Å². The van der Waals surface area contributed by atoms with Gasteiger partial charge in [0.25, 0.3) is 0 Å². The van der Waals surface area contributed by atoms with E-state index in [2.05, 4.69) is 20.8 Å². The van der Waals surface area contributed by atoms with Gasteiger partial charge in [-0.3, -0.25) is 9.59 Å². The zero-order valence-corrected chi connectivity index (χ0v) is 15.6. The summed E-state index contributed by atoms with van der Waals surface area (Å²) >= 11 is 0. The topological polar surface area (TPSA) is 34.1 Å². The maximum Gasteiger partial charge on any atom is 0.161 e. The highest BCUT2D eigenvalue weighted by Gasteiger charge is 2.55. The van der Waals surface area contributed by atoms with E-state index in [4.69, 9.17) is 0 Å². The van der Waals surface area contributed by atoms with Gasteiger partial charge in [0.2, 0.25) is 0 Å². The summed E-state index contributed by atoms with van der Waals surface area (Å²) in [5, 5.41) is 0. The van der Waals surface area contributed by atoms with Gasteiger partial charge in [-0.2, -0.15) is 0 Å². The fourth-order valence-corrected chi connectivity index (χ4v) is 6.47. The minimum Gasteiger partial charge on any atom is -0.300 e. The van der Waals surface area contributed by atoms with Crippen LogP contribution in [0.4, 0.5) is 0 Å². The van der Waals surface area contributed by atoms with Gasteiger partial charge < -0.3 is 0 Å². The van der Waals surface area contributed by atoms with E-state index in [1.807, 2.05) is 6.08 Å². The summed E-state index contributed by atoms with van der Waals surface area (Å²) in [6, 6.07) is 0. The zero-order valence-electron chi connectivity index (χ0n) is 15.6. The third kappa shape index (κ3) is 2.14. The Labute approximate surface area is 145 Å². The van der Waals surface area contributed by atoms with Gasteiger partial charge >= 0.3 is 0 Å². The van der Waals surface area contributed by atoms with Crippen molar-refractivity contribution in [3.05, 3.63) is 22.8 Å². The summed E-state index contributed by atoms with van der Waals surface area (Å²) in [5.74, 6) is 2.31. The quantitative estimate of drug-likeness (QED) is 0.677. The lowest BCUT2D eigenvalue weighted by Gasteiger charge is -2.49. The normalized spacial score (nSPS) is 40.6. The Balaban J connectivity index is 1.74. The molecule has 0 radical (unpaired) electrons. The maximum absolute atomic E-state index is 12.3. The number of fused-ring (bicyclic) bond motifs is 4. The molecule has 4 atom stereocenters. The molecule has 4 rings (SSSR count). The second-order valence-electron chi connectivity index (χ2n) is 9.60. The van der Waals surface area contributed by atoms with Gasteiger partial charge in [0.05, 0.1) is 0 Å². The molecule has 2 heteroatoms. The summed E-state index contributed by atoms with van der Waals surface area (Å²) in [4.78, 5) is 24.5. The van der Waals surface area contributed by atoms with Crippen LogP contribution in [0.3, 0.4) is 0 Å². The van der Waals surface area contributed by atoms with E-state index in [1.165, 1.54) is 24.0 Å². The molecule has 2 saturated carbocycles. The summed E-state index contributed by atoms with van der Waals surface area (Å²) in [5.41, 5.74) is 4.47. The molecule has 0 amide bonds. The van der Waals surface area contributed by atoms with Crippen LogP contribution in [0.2, 0.25) is 0 Å². The van der Waals surface area contributed by atoms with E-state index in [9.17, 15) is 9.59 Å². The fourth-order valence-electron chi connectivity index (χ4n) is 6.47. The largest absolute Gasteiger partial charge is 0.300 e. The number of carbonyl (C=O) groups is 2. The monoisotopic (exact) mass is 326 g/mol. The fraction of sp³-hybridized carbons (Fsp3) is 0.727. The molecule has 0 aromatic carbocycles. The molecule has 24 heavy (non-hydrogen) atoms. The zero-order chi connectivity index (χ0) is 17.3. The summed E-state index contributed by atoms with van der Waals surface area (Å²) < 4.78 is 0. The van der Waals surface area contributed by atoms with Gasteiger partial charge in [-0.15, -0.1) is 0 Å². The minimum absolute atomic E-state index is 0.210. The number of Topliss-reactive ketones (excluding diaryl/α,β-unsaturated/α-hetero) is 1. The molecule has 0 aromatic rings. The Morgan fingerprint density at radius 1 is 1.12 bits per heavy atom. The first-order valence-corrected chi connectivity index (χ1v) is 9.72. The average Bonchev–Trinajstić information content (AvgIpc) is 2.85. The molecule has 4 aliphatic rings. The SMILES string of the molecule is CC(=O)[C@H]1CC[C@H]2[C@@H]3CCC4=CC(=O)C(C)(C)CC4=C3CC[C@]12C. The van der Waals surface area contributed by atoms with Crippen molar-refractivity contribution >= 4 is 11.6 Å². The lowest BCUT2D eigenvalue weighted by atomic mass is 9.55. The summed E-state index contributed by atoms with van der Waals surface area (Å²) in [6.07, 6.45) is 9.70. The Kier molecular flexibility index (Phi) is 3.50. The predicted molar refractivity (Wildman–Crippen MR) is 95.5 cm³/mol. The van der Waals surface area contributed by atoms with Crippen molar-refractivity contribution in [3.8, 4) is 0 Å². The molecule has 0 heterocycles. The van der Waals surface area contributed by atoms with E-state index >= 15 is 0 Å². The van der Waals surface area contributed by atoms with Crippen LogP contribution in [0.25, 0.3) is 0 Å². The number of hydrogen-bond donors (Lipinski definition) is 0. The highest BCUT2D eigenvalue weighted by atomic mass is 16.1. The van der Waals surface area contributed by atoms with Crippen molar-refractivity contribution in [2.45, 2.75) is 72.6 Å². The van der Waals surface area contributed by atoms with Crippen LogP contribution in [0.5, 0.6) is 0 Å². The van der Waals surface area contributed by atoms with Crippen LogP contribution < -0.4 is 0 Å². The van der Waals surface area contributed by atoms with Crippen LogP contribution in [0.1, 0.15) is 72.6 Å². The first kappa shape index (κ1) is 16.3. The van der Waals surface area contributed by atoms with Gasteiger partial charge in [0.15, 0.2) is 5.78 Å². The van der Waals surface area contributed by atoms with Crippen LogP contribution in [-0.4, -0.2) is 11.6 Å². The molecule has 0 N–H and O–H groups in total. The molecule has 0 unspecified atom stereocenters. The number of carbonyl (C=O) groups excluding carboxylic acids is 2. The number of allylic oxidation sites excluding steroid dienone is 4. The van der Waals surface area contributed by atoms with E-state index in [1.54, 1.807) is 12.5 Å². The van der Waals surface area contributed by atoms with Crippen molar-refractivity contribution in [1.82, 2.24) is 0 Å². The first-order chi connectivity index (χ1) is 11.2. The molecule has 0 aliphatic heterocycles. The van der Waals surface area contributed by atoms with Gasteiger partial charge in [0.1, 0.15) is 5.78 Å². The second kappa shape index (κ2) is 5.16. The molecular formula is C22H30O2. The van der Waals surface area contributed by atoms with Crippen molar-refractivity contribution in [2.24, 2.45) is 28.6 Å². The van der Waals surface area contributed by atoms with Crippen molar-refractivity contribution in [3.63, 3.8) is 0 Å². The molecule has 0 saturated heterocycles. The molecule has 2 nitrogen and oxygen atoms in total. The lowest BCUT2D eigenvalue weighted by molar-refractivity contribution is -0.125. The van der Waals surface area contributed by atoms with Gasteiger partial charge in [-0.1, -0.05) is 26.3 Å². The standard InChI is InChI=1S/C22H30O2/c1-13(23)18-7-8-19-16-6-5-14-11-20(24)21(2,3)12-17(14)15(16)9-10-22(18,19)4/h11,16,18-19H,5-10,12H2,1-4H3/t16-,18-,19+,22-/m1/s1. The number of hydrogen-bond acceptors (Lipinski definition) is 2. The van der Waals surface area contributed by atoms with Gasteiger partial charge in [-0.25, -0.2) is 0 Å². The third-order valence-corrected chi connectivity index (χ3v) is 7.86. The summed E-state index contributed by atoms with van der Waals surface area (Å²) in [7, 11) is 0. The van der Waals surface area contributed by atoms with E-state index < -0.39 is 0 Å². The van der Waals surface area contributed by atoms with Gasteiger partial charge in [-0.05, 0) is 86.3 Å². The van der Waals surface area contributed by atoms with E-state index in [-0.39, 0.29) is 16.7 Å². The van der Waals surface area contributed by atoms with Gasteiger partial charge in [0, 0.05) is 11.3 Å². The van der Waals surface area contributed by atoms with Crippen molar-refractivity contribution in [2.75, 3.05) is 0 Å². The summed E-state index contributed by atoms with van der Waals surface area (Å²) in [6.45, 7) is 8.36. The van der Waals surface area contributed by atoms with Crippen molar-refractivity contribution in [1.29, 1.82) is 0 Å². The Morgan fingerprint density at radius 2 is 1.88 bits per heavy atom. The smallest absolute Gasteiger partial charge is 0.161 e. The number of ketones is 2. The molecule has 4 aliphatic carbocycles. The third-order valence-electron chi connectivity index (χ3n) is 7.86. The lowest BCUT2D eigenvalue weighted by Crippen LogP contribution is -2.42. The van der Waals surface area contributed by atoms with Crippen LogP contribution in [0.15, 0.2) is 22.8 Å². The van der Waals surface area contributed by atoms with Crippen LogP contribution in [-0.2, 0) is 9.59 Å². The molecule has 0 bridgehead atoms. The second-order valence-corrected chi connectivity index (χ2v) is 9.60. The Bertz CT molecular complexity index is 678. The maximum atomic E-state index is 12.3.